The number of nitrogens with zero attached hydrogens (tertiary/aromatic N) is 1. The number of para-hydroxylation sites is 1. The lowest BCUT2D eigenvalue weighted by atomic mass is 10.0. The molecule has 3 rings (SSSR count). The summed E-state index contributed by atoms with van der Waals surface area (Å²) >= 11 is 0. The topological polar surface area (TPSA) is 21.7 Å². The van der Waals surface area contributed by atoms with Gasteiger partial charge in [-0.15, -0.1) is 0 Å². The molecule has 3 atom stereocenters. The molecular formula is C16H23NO2. The van der Waals surface area contributed by atoms with Crippen LogP contribution in [-0.4, -0.2) is 37.2 Å². The van der Waals surface area contributed by atoms with Crippen LogP contribution >= 0.6 is 0 Å². The van der Waals surface area contributed by atoms with Crippen LogP contribution in [0.1, 0.15) is 31.2 Å². The largest absolute Gasteiger partial charge is 0.496 e. The molecule has 0 N–H and O–H groups in total. The van der Waals surface area contributed by atoms with Gasteiger partial charge in [0.1, 0.15) is 5.75 Å². The van der Waals surface area contributed by atoms with Crippen LogP contribution in [0.4, 0.5) is 0 Å². The van der Waals surface area contributed by atoms with Crippen molar-refractivity contribution in [2.24, 2.45) is 0 Å². The van der Waals surface area contributed by atoms with Crippen LogP contribution in [0.3, 0.4) is 0 Å². The molecule has 104 valence electrons. The van der Waals surface area contributed by atoms with E-state index in [9.17, 15) is 0 Å². The van der Waals surface area contributed by atoms with E-state index in [2.05, 4.69) is 18.0 Å². The number of rotatable bonds is 4. The molecule has 1 unspecified atom stereocenters. The van der Waals surface area contributed by atoms with E-state index in [1.807, 2.05) is 18.2 Å². The molecule has 0 aromatic heterocycles. The highest BCUT2D eigenvalue weighted by atomic mass is 16.5. The number of hydrogen-bond donors (Lipinski definition) is 0. The number of piperidine rings is 1. The summed E-state index contributed by atoms with van der Waals surface area (Å²) in [4.78, 5) is 2.54. The van der Waals surface area contributed by atoms with Gasteiger partial charge in [-0.1, -0.05) is 18.2 Å². The zero-order valence-corrected chi connectivity index (χ0v) is 11.8. The van der Waals surface area contributed by atoms with Crippen molar-refractivity contribution in [3.8, 4) is 5.75 Å². The maximum absolute atomic E-state index is 6.13. The second-order valence-corrected chi connectivity index (χ2v) is 5.77. The average molecular weight is 261 g/mol. The van der Waals surface area contributed by atoms with Gasteiger partial charge in [0, 0.05) is 17.6 Å². The molecule has 2 aliphatic heterocycles. The van der Waals surface area contributed by atoms with Crippen molar-refractivity contribution < 1.29 is 9.47 Å². The Morgan fingerprint density at radius 2 is 1.84 bits per heavy atom. The van der Waals surface area contributed by atoms with Gasteiger partial charge in [-0.05, 0) is 38.8 Å². The van der Waals surface area contributed by atoms with Crippen molar-refractivity contribution in [2.45, 2.75) is 50.5 Å². The Balaban J connectivity index is 1.58. The summed E-state index contributed by atoms with van der Waals surface area (Å²) in [6, 6.07) is 9.60. The molecule has 0 aliphatic carbocycles. The summed E-state index contributed by atoms with van der Waals surface area (Å²) in [6.45, 7) is 0.665. The van der Waals surface area contributed by atoms with E-state index in [-0.39, 0.29) is 0 Å². The lowest BCUT2D eigenvalue weighted by molar-refractivity contribution is -0.0216. The predicted octanol–water partition coefficient (Wildman–Crippen LogP) is 2.84. The van der Waals surface area contributed by atoms with Gasteiger partial charge in [0.2, 0.25) is 0 Å². The van der Waals surface area contributed by atoms with Gasteiger partial charge in [-0.2, -0.15) is 0 Å². The minimum Gasteiger partial charge on any atom is -0.496 e. The first kappa shape index (κ1) is 12.9. The number of hydrogen-bond acceptors (Lipinski definition) is 3. The third-order valence-electron chi connectivity index (χ3n) is 4.72. The first-order chi connectivity index (χ1) is 9.28. The van der Waals surface area contributed by atoms with Gasteiger partial charge in [0.15, 0.2) is 0 Å². The fraction of sp³-hybridized carbons (Fsp3) is 0.625. The fourth-order valence-corrected chi connectivity index (χ4v) is 3.53. The summed E-state index contributed by atoms with van der Waals surface area (Å²) in [7, 11) is 3.98. The highest BCUT2D eigenvalue weighted by Gasteiger charge is 2.38. The van der Waals surface area contributed by atoms with E-state index in [0.29, 0.717) is 12.7 Å². The molecule has 2 saturated heterocycles. The zero-order chi connectivity index (χ0) is 13.2. The molecule has 19 heavy (non-hydrogen) atoms. The Labute approximate surface area is 115 Å². The van der Waals surface area contributed by atoms with Gasteiger partial charge in [-0.25, -0.2) is 0 Å². The highest BCUT2D eigenvalue weighted by molar-refractivity contribution is 5.32. The summed E-state index contributed by atoms with van der Waals surface area (Å²) in [5.41, 5.74) is 1.15. The SMILES string of the molecule is COc1ccccc1COC1C[C@H]2CC[C@@H](C1)N2C. The zero-order valence-electron chi connectivity index (χ0n) is 11.8. The quantitative estimate of drug-likeness (QED) is 0.832. The fourth-order valence-electron chi connectivity index (χ4n) is 3.53. The van der Waals surface area contributed by atoms with Gasteiger partial charge >= 0.3 is 0 Å². The summed E-state index contributed by atoms with van der Waals surface area (Å²) in [5.74, 6) is 0.929. The molecular weight excluding hydrogens is 238 g/mol. The second kappa shape index (κ2) is 5.51. The molecule has 0 amide bonds. The second-order valence-electron chi connectivity index (χ2n) is 5.77. The third-order valence-corrected chi connectivity index (χ3v) is 4.72. The smallest absolute Gasteiger partial charge is 0.124 e. The van der Waals surface area contributed by atoms with E-state index in [4.69, 9.17) is 9.47 Å². The molecule has 0 spiro atoms. The molecule has 2 heterocycles. The van der Waals surface area contributed by atoms with E-state index in [0.717, 1.165) is 23.4 Å². The van der Waals surface area contributed by atoms with Crippen molar-refractivity contribution in [2.75, 3.05) is 14.2 Å². The molecule has 2 bridgehead atoms. The lowest BCUT2D eigenvalue weighted by Crippen LogP contribution is -2.42. The van der Waals surface area contributed by atoms with Crippen LogP contribution in [0.2, 0.25) is 0 Å². The number of methoxy groups -OCH3 is 1. The molecule has 0 radical (unpaired) electrons. The molecule has 3 nitrogen and oxygen atoms in total. The van der Waals surface area contributed by atoms with Crippen LogP contribution in [0, 0.1) is 0 Å². The van der Waals surface area contributed by atoms with Crippen molar-refractivity contribution in [3.63, 3.8) is 0 Å². The third kappa shape index (κ3) is 2.63. The Bertz CT molecular complexity index is 421. The van der Waals surface area contributed by atoms with Crippen LogP contribution in [0.5, 0.6) is 5.75 Å². The molecule has 0 saturated carbocycles. The van der Waals surface area contributed by atoms with Gasteiger partial charge in [0.05, 0.1) is 19.8 Å². The Hall–Kier alpha value is -1.06. The van der Waals surface area contributed by atoms with Crippen LogP contribution in [-0.2, 0) is 11.3 Å². The molecule has 3 heteroatoms. The van der Waals surface area contributed by atoms with Crippen molar-refractivity contribution in [1.29, 1.82) is 0 Å². The van der Waals surface area contributed by atoms with E-state index in [1.54, 1.807) is 7.11 Å². The normalized spacial score (nSPS) is 30.5. The van der Waals surface area contributed by atoms with Gasteiger partial charge < -0.3 is 14.4 Å². The standard InChI is InChI=1S/C16H23NO2/c1-17-13-7-8-14(17)10-15(9-13)19-11-12-5-3-4-6-16(12)18-2/h3-6,13-15H,7-11H2,1-2H3/t13-,14+,15?. The summed E-state index contributed by atoms with van der Waals surface area (Å²) < 4.78 is 11.5. The van der Waals surface area contributed by atoms with E-state index < -0.39 is 0 Å². The van der Waals surface area contributed by atoms with Gasteiger partial charge in [0.25, 0.3) is 0 Å². The van der Waals surface area contributed by atoms with Crippen LogP contribution in [0.15, 0.2) is 24.3 Å². The summed E-state index contributed by atoms with van der Waals surface area (Å²) in [6.07, 6.45) is 5.47. The first-order valence-corrected chi connectivity index (χ1v) is 7.23. The number of fused-ring (bicyclic) bond motifs is 2. The highest BCUT2D eigenvalue weighted by Crippen LogP contribution is 2.36. The Kier molecular flexibility index (Phi) is 3.76. The Morgan fingerprint density at radius 3 is 2.53 bits per heavy atom. The molecule has 1 aromatic rings. The van der Waals surface area contributed by atoms with Crippen LogP contribution < -0.4 is 4.74 Å². The molecule has 2 fully saturated rings. The Morgan fingerprint density at radius 1 is 1.16 bits per heavy atom. The van der Waals surface area contributed by atoms with Crippen molar-refractivity contribution in [1.82, 2.24) is 4.90 Å². The number of benzene rings is 1. The number of ether oxygens (including phenoxy) is 2. The summed E-state index contributed by atoms with van der Waals surface area (Å²) in [5, 5.41) is 0. The average Bonchev–Trinajstić information content (AvgIpc) is 2.67. The van der Waals surface area contributed by atoms with Crippen LogP contribution in [0.25, 0.3) is 0 Å². The molecule has 2 aliphatic rings. The van der Waals surface area contributed by atoms with Gasteiger partial charge in [-0.3, -0.25) is 0 Å². The predicted molar refractivity (Wildman–Crippen MR) is 75.4 cm³/mol. The maximum Gasteiger partial charge on any atom is 0.124 e. The monoisotopic (exact) mass is 261 g/mol. The molecule has 1 aromatic carbocycles. The van der Waals surface area contributed by atoms with Crippen molar-refractivity contribution >= 4 is 0 Å². The van der Waals surface area contributed by atoms with E-state index >= 15 is 0 Å². The van der Waals surface area contributed by atoms with Crippen molar-refractivity contribution in [3.05, 3.63) is 29.8 Å². The minimum absolute atomic E-state index is 0.415. The maximum atomic E-state index is 6.13. The lowest BCUT2D eigenvalue weighted by Gasteiger charge is -2.36. The first-order valence-electron chi connectivity index (χ1n) is 7.23. The minimum atomic E-state index is 0.415. The van der Waals surface area contributed by atoms with E-state index in [1.165, 1.54) is 25.7 Å².